The van der Waals surface area contributed by atoms with Gasteiger partial charge in [0.15, 0.2) is 0 Å². The summed E-state index contributed by atoms with van der Waals surface area (Å²) in [6.45, 7) is 2.00. The Morgan fingerprint density at radius 1 is 0.778 bits per heavy atom. The third-order valence-electron chi connectivity index (χ3n) is 1.27. The van der Waals surface area contributed by atoms with E-state index in [2.05, 4.69) is 8.67 Å². The second-order valence-electron chi connectivity index (χ2n) is 2.63. The Bertz CT molecular complexity index is 330. The molecule has 1 fully saturated rings. The molecular formula is C5H10K2O9S2. The molecule has 0 unspecified atom stereocenters. The van der Waals surface area contributed by atoms with Gasteiger partial charge >= 0.3 is 103 Å². The summed E-state index contributed by atoms with van der Waals surface area (Å²) in [5.74, 6) is 0. The molecule has 9 nitrogen and oxygen atoms in total. The fraction of sp³-hybridized carbons (Fsp3) is 1.00. The molecule has 0 amide bonds. The van der Waals surface area contributed by atoms with E-state index in [1.165, 1.54) is 19.3 Å². The standard InChI is InChI=1S/C5H10O.2K.H2O8S2/c1-2-4-6-5-3-1;;;1-9(2,3)7-8-10(4,5)6/h1-5H2;;;(H,1,2,3)(H,4,5,6)/q;2*+1;/p-2. The normalized spacial score (nSPS) is 15.4. The van der Waals surface area contributed by atoms with Crippen LogP contribution >= 0.6 is 0 Å². The molecule has 18 heavy (non-hydrogen) atoms. The Morgan fingerprint density at radius 3 is 1.22 bits per heavy atom. The van der Waals surface area contributed by atoms with E-state index in [1.54, 1.807) is 0 Å². The van der Waals surface area contributed by atoms with Crippen molar-refractivity contribution in [3.63, 3.8) is 0 Å². The molecule has 1 aliphatic rings. The van der Waals surface area contributed by atoms with Gasteiger partial charge in [0.05, 0.1) is 0 Å². The molecule has 0 aromatic heterocycles. The van der Waals surface area contributed by atoms with Gasteiger partial charge in [0.1, 0.15) is 0 Å². The van der Waals surface area contributed by atoms with Crippen LogP contribution in [0.2, 0.25) is 0 Å². The second kappa shape index (κ2) is 13.6. The van der Waals surface area contributed by atoms with Gasteiger partial charge in [-0.1, -0.05) is 0 Å². The third-order valence-corrected chi connectivity index (χ3v) is 1.83. The SMILES string of the molecule is C1CCOCC1.O=S(=O)([O-])OOS(=O)(=O)[O-].[K+].[K+]. The van der Waals surface area contributed by atoms with Crippen molar-refractivity contribution in [3.05, 3.63) is 0 Å². The molecule has 1 heterocycles. The van der Waals surface area contributed by atoms with Gasteiger partial charge in [-0.05, 0) is 19.3 Å². The van der Waals surface area contributed by atoms with E-state index >= 15 is 0 Å². The molecule has 0 aromatic carbocycles. The van der Waals surface area contributed by atoms with Gasteiger partial charge in [-0.15, -0.1) is 8.67 Å². The first-order chi connectivity index (χ1) is 7.21. The van der Waals surface area contributed by atoms with Crippen LogP contribution in [0.3, 0.4) is 0 Å². The average molecular weight is 356 g/mol. The van der Waals surface area contributed by atoms with Gasteiger partial charge in [0.25, 0.3) is 0 Å². The van der Waals surface area contributed by atoms with Crippen LogP contribution in [0.4, 0.5) is 0 Å². The summed E-state index contributed by atoms with van der Waals surface area (Å²) >= 11 is 0. The summed E-state index contributed by atoms with van der Waals surface area (Å²) in [4.78, 5) is 0. The van der Waals surface area contributed by atoms with Crippen LogP contribution in [-0.4, -0.2) is 39.2 Å². The molecule has 0 aliphatic carbocycles. The van der Waals surface area contributed by atoms with Crippen molar-refractivity contribution in [2.45, 2.75) is 19.3 Å². The van der Waals surface area contributed by atoms with E-state index in [0.717, 1.165) is 13.2 Å². The van der Waals surface area contributed by atoms with E-state index in [9.17, 15) is 25.9 Å². The van der Waals surface area contributed by atoms with E-state index in [0.29, 0.717) is 0 Å². The molecular weight excluding hydrogens is 346 g/mol. The van der Waals surface area contributed by atoms with E-state index < -0.39 is 20.8 Å². The zero-order valence-corrected chi connectivity index (χ0v) is 17.9. The van der Waals surface area contributed by atoms with Gasteiger partial charge in [0.2, 0.25) is 20.8 Å². The molecule has 1 rings (SSSR count). The summed E-state index contributed by atoms with van der Waals surface area (Å²) in [7, 11) is -10.6. The molecule has 0 spiro atoms. The molecule has 13 heteroatoms. The Labute approximate surface area is 191 Å². The van der Waals surface area contributed by atoms with Crippen LogP contribution in [0, 0.1) is 0 Å². The quantitative estimate of drug-likeness (QED) is 0.158. The van der Waals surface area contributed by atoms with Crippen LogP contribution in [0.15, 0.2) is 0 Å². The van der Waals surface area contributed by atoms with Gasteiger partial charge in [-0.2, -0.15) is 0 Å². The van der Waals surface area contributed by atoms with Gasteiger partial charge in [0, 0.05) is 13.2 Å². The van der Waals surface area contributed by atoms with Crippen molar-refractivity contribution < 1.29 is 142 Å². The third kappa shape index (κ3) is 24.0. The molecule has 0 atom stereocenters. The maximum absolute atomic E-state index is 9.37. The van der Waals surface area contributed by atoms with E-state index in [-0.39, 0.29) is 103 Å². The Morgan fingerprint density at radius 2 is 1.11 bits per heavy atom. The zero-order chi connectivity index (χ0) is 12.7. The second-order valence-corrected chi connectivity index (χ2v) is 4.53. The number of ether oxygens (including phenoxy) is 1. The average Bonchev–Trinajstić information content (AvgIpc) is 2.17. The summed E-state index contributed by atoms with van der Waals surface area (Å²) in [5.41, 5.74) is 0. The minimum absolute atomic E-state index is 0. The van der Waals surface area contributed by atoms with Crippen LogP contribution in [0.5, 0.6) is 0 Å². The monoisotopic (exact) mass is 356 g/mol. The fourth-order valence-electron chi connectivity index (χ4n) is 0.755. The smallest absolute Gasteiger partial charge is 0.724 e. The van der Waals surface area contributed by atoms with Crippen LogP contribution in [-0.2, 0) is 34.2 Å². The number of hydrogen-bond donors (Lipinski definition) is 0. The first-order valence-corrected chi connectivity index (χ1v) is 6.74. The number of rotatable bonds is 3. The first-order valence-electron chi connectivity index (χ1n) is 4.08. The van der Waals surface area contributed by atoms with Crippen LogP contribution < -0.4 is 103 Å². The first kappa shape index (κ1) is 25.9. The van der Waals surface area contributed by atoms with Crippen molar-refractivity contribution in [2.75, 3.05) is 13.2 Å². The van der Waals surface area contributed by atoms with Gasteiger partial charge in [-0.25, -0.2) is 16.8 Å². The van der Waals surface area contributed by atoms with Gasteiger partial charge in [-0.3, -0.25) is 0 Å². The van der Waals surface area contributed by atoms with Crippen molar-refractivity contribution in [1.82, 2.24) is 0 Å². The summed E-state index contributed by atoms with van der Waals surface area (Å²) in [6, 6.07) is 0. The van der Waals surface area contributed by atoms with Crippen molar-refractivity contribution in [3.8, 4) is 0 Å². The summed E-state index contributed by atoms with van der Waals surface area (Å²) in [5, 5.41) is 0. The zero-order valence-electron chi connectivity index (χ0n) is 10.0. The Kier molecular flexibility index (Phi) is 19.6. The molecule has 0 saturated carbocycles. The summed E-state index contributed by atoms with van der Waals surface area (Å²) < 4.78 is 66.5. The maximum Gasteiger partial charge on any atom is 1.00 e. The molecule has 1 saturated heterocycles. The summed E-state index contributed by atoms with van der Waals surface area (Å²) in [6.07, 6.45) is 3.93. The Hall–Kier alpha value is 2.97. The Balaban J connectivity index is -0.000000244. The van der Waals surface area contributed by atoms with Crippen molar-refractivity contribution >= 4 is 20.8 Å². The van der Waals surface area contributed by atoms with E-state index in [1.807, 2.05) is 0 Å². The van der Waals surface area contributed by atoms with E-state index in [4.69, 9.17) is 4.74 Å². The van der Waals surface area contributed by atoms with Crippen LogP contribution in [0.1, 0.15) is 19.3 Å². The topological polar surface area (TPSA) is 142 Å². The number of hydrogen-bond acceptors (Lipinski definition) is 9. The molecule has 0 N–H and O–H groups in total. The van der Waals surface area contributed by atoms with Gasteiger partial charge < -0.3 is 13.8 Å². The van der Waals surface area contributed by atoms with Crippen molar-refractivity contribution in [1.29, 1.82) is 0 Å². The molecule has 0 bridgehead atoms. The van der Waals surface area contributed by atoms with Crippen LogP contribution in [0.25, 0.3) is 0 Å². The minimum atomic E-state index is -5.31. The van der Waals surface area contributed by atoms with Crippen molar-refractivity contribution in [2.24, 2.45) is 0 Å². The molecule has 0 radical (unpaired) electrons. The molecule has 0 aromatic rings. The molecule has 1 aliphatic heterocycles. The fourth-order valence-corrected chi connectivity index (χ4v) is 1.30. The maximum atomic E-state index is 9.37. The predicted octanol–water partition coefficient (Wildman–Crippen LogP) is -6.95. The largest absolute Gasteiger partial charge is 1.00 e. The minimum Gasteiger partial charge on any atom is -0.724 e. The predicted molar refractivity (Wildman–Crippen MR) is 46.2 cm³/mol. The molecule has 98 valence electrons.